The van der Waals surface area contributed by atoms with Gasteiger partial charge in [0.05, 0.1) is 6.10 Å². The van der Waals surface area contributed by atoms with Gasteiger partial charge in [0.25, 0.3) is 0 Å². The fraction of sp³-hybridized carbons (Fsp3) is 0.625. The zero-order valence-corrected chi connectivity index (χ0v) is 11.8. The quantitative estimate of drug-likeness (QED) is 0.834. The van der Waals surface area contributed by atoms with E-state index in [0.29, 0.717) is 0 Å². The monoisotopic (exact) mass is 247 g/mol. The number of aliphatic hydroxyl groups is 1. The van der Waals surface area contributed by atoms with Gasteiger partial charge in [-0.25, -0.2) is 0 Å². The summed E-state index contributed by atoms with van der Waals surface area (Å²) in [5, 5.41) is 10.4. The molecule has 2 rings (SSSR count). The summed E-state index contributed by atoms with van der Waals surface area (Å²) in [4.78, 5) is 2.45. The van der Waals surface area contributed by atoms with Gasteiger partial charge in [-0.1, -0.05) is 30.7 Å². The molecule has 0 aliphatic heterocycles. The molecule has 100 valence electrons. The summed E-state index contributed by atoms with van der Waals surface area (Å²) in [6.45, 7) is 8.28. The van der Waals surface area contributed by atoms with Crippen LogP contribution in [0, 0.1) is 13.8 Å². The SMILES string of the molecule is CCCN(CC(O)c1ccc(C)cc1C)C1CC1. The average Bonchev–Trinajstić information content (AvgIpc) is 3.11. The summed E-state index contributed by atoms with van der Waals surface area (Å²) in [7, 11) is 0. The number of aryl methyl sites for hydroxylation is 2. The molecule has 1 atom stereocenters. The van der Waals surface area contributed by atoms with Gasteiger partial charge in [-0.15, -0.1) is 0 Å². The van der Waals surface area contributed by atoms with E-state index in [9.17, 15) is 5.11 Å². The lowest BCUT2D eigenvalue weighted by molar-refractivity contribution is 0.108. The highest BCUT2D eigenvalue weighted by atomic mass is 16.3. The fourth-order valence-electron chi connectivity index (χ4n) is 2.67. The average molecular weight is 247 g/mol. The predicted octanol–water partition coefficient (Wildman–Crippen LogP) is 3.21. The maximum atomic E-state index is 10.4. The van der Waals surface area contributed by atoms with Crippen molar-refractivity contribution in [2.75, 3.05) is 13.1 Å². The molecule has 0 aromatic heterocycles. The number of hydrogen-bond donors (Lipinski definition) is 1. The normalized spacial score (nSPS) is 17.2. The molecular weight excluding hydrogens is 222 g/mol. The molecular formula is C16H25NO. The fourth-order valence-corrected chi connectivity index (χ4v) is 2.67. The second kappa shape index (κ2) is 5.85. The standard InChI is InChI=1S/C16H25NO/c1-4-9-17(14-6-7-14)11-16(18)15-8-5-12(2)10-13(15)3/h5,8,10,14,16,18H,4,6-7,9,11H2,1-3H3. The Morgan fingerprint density at radius 1 is 1.33 bits per heavy atom. The molecule has 1 saturated carbocycles. The van der Waals surface area contributed by atoms with Crippen LogP contribution in [0.3, 0.4) is 0 Å². The number of aliphatic hydroxyl groups excluding tert-OH is 1. The van der Waals surface area contributed by atoms with Crippen LogP contribution in [0.25, 0.3) is 0 Å². The van der Waals surface area contributed by atoms with Gasteiger partial charge in [0.1, 0.15) is 0 Å². The lowest BCUT2D eigenvalue weighted by Gasteiger charge is -2.25. The van der Waals surface area contributed by atoms with Crippen molar-refractivity contribution in [3.8, 4) is 0 Å². The molecule has 1 aliphatic rings. The molecule has 0 bridgehead atoms. The summed E-state index contributed by atoms with van der Waals surface area (Å²) in [5.41, 5.74) is 3.55. The van der Waals surface area contributed by atoms with E-state index < -0.39 is 0 Å². The summed E-state index contributed by atoms with van der Waals surface area (Å²) in [6, 6.07) is 7.05. The van der Waals surface area contributed by atoms with Crippen LogP contribution >= 0.6 is 0 Å². The second-order valence-electron chi connectivity index (χ2n) is 5.60. The van der Waals surface area contributed by atoms with Gasteiger partial charge in [-0.05, 0) is 50.8 Å². The number of benzene rings is 1. The minimum Gasteiger partial charge on any atom is -0.387 e. The molecule has 18 heavy (non-hydrogen) atoms. The molecule has 1 N–H and O–H groups in total. The van der Waals surface area contributed by atoms with Crippen LogP contribution in [0.15, 0.2) is 18.2 Å². The summed E-state index contributed by atoms with van der Waals surface area (Å²) in [6.07, 6.45) is 3.42. The van der Waals surface area contributed by atoms with Crippen molar-refractivity contribution in [3.63, 3.8) is 0 Å². The van der Waals surface area contributed by atoms with Gasteiger partial charge in [-0.3, -0.25) is 4.90 Å². The summed E-state index contributed by atoms with van der Waals surface area (Å²) < 4.78 is 0. The van der Waals surface area contributed by atoms with E-state index in [2.05, 4.69) is 43.9 Å². The van der Waals surface area contributed by atoms with E-state index in [4.69, 9.17) is 0 Å². The topological polar surface area (TPSA) is 23.5 Å². The largest absolute Gasteiger partial charge is 0.387 e. The molecule has 2 heteroatoms. The molecule has 0 heterocycles. The first kappa shape index (κ1) is 13.6. The van der Waals surface area contributed by atoms with Crippen LogP contribution in [0.1, 0.15) is 49.0 Å². The van der Waals surface area contributed by atoms with Crippen LogP contribution in [-0.4, -0.2) is 29.1 Å². The molecule has 1 fully saturated rings. The van der Waals surface area contributed by atoms with Crippen LogP contribution < -0.4 is 0 Å². The molecule has 0 saturated heterocycles. The van der Waals surface area contributed by atoms with E-state index in [-0.39, 0.29) is 6.10 Å². The Morgan fingerprint density at radius 2 is 2.06 bits per heavy atom. The molecule has 1 aromatic rings. The zero-order valence-electron chi connectivity index (χ0n) is 11.8. The first-order chi connectivity index (χ1) is 8.61. The maximum absolute atomic E-state index is 10.4. The lowest BCUT2D eigenvalue weighted by Crippen LogP contribution is -2.31. The van der Waals surface area contributed by atoms with E-state index in [1.807, 2.05) is 0 Å². The van der Waals surface area contributed by atoms with Crippen LogP contribution in [-0.2, 0) is 0 Å². The maximum Gasteiger partial charge on any atom is 0.0919 e. The van der Waals surface area contributed by atoms with Crippen molar-refractivity contribution >= 4 is 0 Å². The zero-order chi connectivity index (χ0) is 13.1. The number of rotatable bonds is 6. The van der Waals surface area contributed by atoms with E-state index in [0.717, 1.165) is 31.1 Å². The second-order valence-corrected chi connectivity index (χ2v) is 5.60. The van der Waals surface area contributed by atoms with E-state index in [1.54, 1.807) is 0 Å². The minimum absolute atomic E-state index is 0.349. The van der Waals surface area contributed by atoms with Crippen LogP contribution in [0.2, 0.25) is 0 Å². The van der Waals surface area contributed by atoms with Crippen molar-refractivity contribution in [2.45, 2.75) is 52.2 Å². The van der Waals surface area contributed by atoms with Gasteiger partial charge in [0.2, 0.25) is 0 Å². The number of nitrogens with zero attached hydrogens (tertiary/aromatic N) is 1. The molecule has 0 amide bonds. The van der Waals surface area contributed by atoms with Crippen molar-refractivity contribution in [1.82, 2.24) is 4.90 Å². The van der Waals surface area contributed by atoms with Crippen LogP contribution in [0.4, 0.5) is 0 Å². The van der Waals surface area contributed by atoms with E-state index in [1.165, 1.54) is 24.0 Å². The van der Waals surface area contributed by atoms with Gasteiger partial charge < -0.3 is 5.11 Å². The summed E-state index contributed by atoms with van der Waals surface area (Å²) >= 11 is 0. The minimum atomic E-state index is -0.349. The predicted molar refractivity (Wildman–Crippen MR) is 75.8 cm³/mol. The molecule has 0 radical (unpaired) electrons. The Kier molecular flexibility index (Phi) is 4.41. The van der Waals surface area contributed by atoms with Gasteiger partial charge in [-0.2, -0.15) is 0 Å². The Morgan fingerprint density at radius 3 is 2.61 bits per heavy atom. The lowest BCUT2D eigenvalue weighted by atomic mass is 10.0. The van der Waals surface area contributed by atoms with Crippen molar-refractivity contribution in [1.29, 1.82) is 0 Å². The van der Waals surface area contributed by atoms with Crippen LogP contribution in [0.5, 0.6) is 0 Å². The molecule has 1 aromatic carbocycles. The third-order valence-corrected chi connectivity index (χ3v) is 3.77. The number of hydrogen-bond acceptors (Lipinski definition) is 2. The van der Waals surface area contributed by atoms with Crippen molar-refractivity contribution in [2.24, 2.45) is 0 Å². The molecule has 0 spiro atoms. The van der Waals surface area contributed by atoms with Crippen molar-refractivity contribution < 1.29 is 5.11 Å². The van der Waals surface area contributed by atoms with Gasteiger partial charge >= 0.3 is 0 Å². The van der Waals surface area contributed by atoms with Crippen molar-refractivity contribution in [3.05, 3.63) is 34.9 Å². The highest BCUT2D eigenvalue weighted by molar-refractivity contribution is 5.32. The molecule has 2 nitrogen and oxygen atoms in total. The summed E-state index contributed by atoms with van der Waals surface area (Å²) in [5.74, 6) is 0. The third-order valence-electron chi connectivity index (χ3n) is 3.77. The highest BCUT2D eigenvalue weighted by Crippen LogP contribution is 2.29. The third kappa shape index (κ3) is 3.33. The Labute approximate surface area is 111 Å². The van der Waals surface area contributed by atoms with Gasteiger partial charge in [0, 0.05) is 12.6 Å². The Bertz CT molecular complexity index is 398. The Balaban J connectivity index is 2.03. The Hall–Kier alpha value is -0.860. The first-order valence-electron chi connectivity index (χ1n) is 7.11. The molecule has 1 aliphatic carbocycles. The highest BCUT2D eigenvalue weighted by Gasteiger charge is 2.29. The first-order valence-corrected chi connectivity index (χ1v) is 7.11. The molecule has 1 unspecified atom stereocenters. The van der Waals surface area contributed by atoms with E-state index >= 15 is 0 Å². The van der Waals surface area contributed by atoms with Gasteiger partial charge in [0.15, 0.2) is 0 Å². The smallest absolute Gasteiger partial charge is 0.0919 e.